The van der Waals surface area contributed by atoms with Crippen LogP contribution in [0.15, 0.2) is 63.0 Å². The highest BCUT2D eigenvalue weighted by Gasteiger charge is 2.22. The molecule has 3 rings (SSSR count). The zero-order chi connectivity index (χ0) is 21.9. The Kier molecular flexibility index (Phi) is 6.69. The van der Waals surface area contributed by atoms with E-state index in [1.165, 1.54) is 27.3 Å². The quantitative estimate of drug-likeness (QED) is 0.546. The number of halogens is 1. The van der Waals surface area contributed by atoms with Gasteiger partial charge < -0.3 is 5.32 Å². The third kappa shape index (κ3) is 4.61. The van der Waals surface area contributed by atoms with Crippen LogP contribution in [0.25, 0.3) is 10.9 Å². The molecule has 10 heteroatoms. The van der Waals surface area contributed by atoms with Crippen LogP contribution in [0, 0.1) is 0 Å². The number of rotatable bonds is 7. The zero-order valence-corrected chi connectivity index (χ0v) is 18.9. The maximum absolute atomic E-state index is 12.7. The summed E-state index contributed by atoms with van der Waals surface area (Å²) in [7, 11) is -3.64. The lowest BCUT2D eigenvalue weighted by molar-refractivity contribution is -0.116. The second kappa shape index (κ2) is 9.07. The molecule has 0 unspecified atom stereocenters. The lowest BCUT2D eigenvalue weighted by Crippen LogP contribution is -2.30. The predicted octanol–water partition coefficient (Wildman–Crippen LogP) is 2.83. The monoisotopic (exact) mass is 492 g/mol. The van der Waals surface area contributed by atoms with E-state index in [1.54, 1.807) is 44.2 Å². The van der Waals surface area contributed by atoms with Crippen LogP contribution < -0.4 is 10.9 Å². The van der Waals surface area contributed by atoms with Gasteiger partial charge in [-0.05, 0) is 36.4 Å². The van der Waals surface area contributed by atoms with Crippen LogP contribution in [-0.4, -0.2) is 41.3 Å². The van der Waals surface area contributed by atoms with Gasteiger partial charge in [-0.1, -0.05) is 35.8 Å². The van der Waals surface area contributed by atoms with Crippen molar-refractivity contribution >= 4 is 48.5 Å². The first-order valence-electron chi connectivity index (χ1n) is 9.31. The molecule has 0 aliphatic carbocycles. The number of hydrogen-bond donors (Lipinski definition) is 1. The highest BCUT2D eigenvalue weighted by Crippen LogP contribution is 2.20. The van der Waals surface area contributed by atoms with Gasteiger partial charge in [0, 0.05) is 23.2 Å². The molecule has 1 aromatic heterocycles. The normalized spacial score (nSPS) is 11.7. The van der Waals surface area contributed by atoms with E-state index in [4.69, 9.17) is 0 Å². The summed E-state index contributed by atoms with van der Waals surface area (Å²) >= 11 is 3.32. The molecule has 0 atom stereocenters. The summed E-state index contributed by atoms with van der Waals surface area (Å²) in [5.74, 6) is -0.467. The fourth-order valence-electron chi connectivity index (χ4n) is 3.05. The van der Waals surface area contributed by atoms with E-state index in [1.807, 2.05) is 0 Å². The number of anilines is 1. The molecule has 0 aliphatic rings. The van der Waals surface area contributed by atoms with Crippen molar-refractivity contribution in [2.75, 3.05) is 18.4 Å². The van der Waals surface area contributed by atoms with E-state index in [0.29, 0.717) is 29.7 Å². The molecule has 1 heterocycles. The molecule has 0 aliphatic heterocycles. The number of carbonyl (C=O) groups excluding carboxylic acids is 1. The van der Waals surface area contributed by atoms with Crippen molar-refractivity contribution in [3.05, 3.63) is 63.6 Å². The van der Waals surface area contributed by atoms with Crippen molar-refractivity contribution in [2.45, 2.75) is 25.3 Å². The third-order valence-corrected chi connectivity index (χ3v) is 7.10. The molecular formula is C20H21BrN4O4S. The van der Waals surface area contributed by atoms with Crippen molar-refractivity contribution in [1.82, 2.24) is 13.9 Å². The van der Waals surface area contributed by atoms with Crippen LogP contribution in [0.2, 0.25) is 0 Å². The van der Waals surface area contributed by atoms with Crippen LogP contribution in [0.5, 0.6) is 0 Å². The Bertz CT molecular complexity index is 1250. The van der Waals surface area contributed by atoms with Gasteiger partial charge in [0.1, 0.15) is 6.54 Å². The van der Waals surface area contributed by atoms with Gasteiger partial charge in [-0.25, -0.2) is 13.4 Å². The molecule has 1 N–H and O–H groups in total. The summed E-state index contributed by atoms with van der Waals surface area (Å²) in [5, 5.41) is 3.04. The van der Waals surface area contributed by atoms with Crippen LogP contribution in [-0.2, 0) is 21.4 Å². The summed E-state index contributed by atoms with van der Waals surface area (Å²) in [4.78, 5) is 29.4. The molecular weight excluding hydrogens is 472 g/mol. The molecule has 2 aromatic carbocycles. The van der Waals surface area contributed by atoms with Gasteiger partial charge in [-0.2, -0.15) is 4.31 Å². The molecule has 3 aromatic rings. The molecule has 0 saturated heterocycles. The first kappa shape index (κ1) is 22.1. The molecule has 1 amide bonds. The fraction of sp³-hybridized carbons (Fsp3) is 0.250. The predicted molar refractivity (Wildman–Crippen MR) is 119 cm³/mol. The van der Waals surface area contributed by atoms with Gasteiger partial charge in [0.05, 0.1) is 22.1 Å². The molecule has 0 bridgehead atoms. The van der Waals surface area contributed by atoms with E-state index in [0.717, 1.165) is 4.47 Å². The Hall–Kier alpha value is -2.56. The number of carbonyl (C=O) groups is 1. The molecule has 8 nitrogen and oxygen atoms in total. The first-order chi connectivity index (χ1) is 14.3. The van der Waals surface area contributed by atoms with Crippen molar-refractivity contribution in [3.63, 3.8) is 0 Å². The molecule has 158 valence electrons. The van der Waals surface area contributed by atoms with Gasteiger partial charge in [-0.15, -0.1) is 0 Å². The lowest BCUT2D eigenvalue weighted by atomic mass is 10.2. The van der Waals surface area contributed by atoms with Crippen LogP contribution >= 0.6 is 15.9 Å². The Morgan fingerprint density at radius 3 is 2.60 bits per heavy atom. The molecule has 30 heavy (non-hydrogen) atoms. The number of hydrogen-bond acceptors (Lipinski definition) is 5. The molecule has 0 radical (unpaired) electrons. The third-order valence-electron chi connectivity index (χ3n) is 4.56. The highest BCUT2D eigenvalue weighted by atomic mass is 79.9. The van der Waals surface area contributed by atoms with E-state index < -0.39 is 15.9 Å². The van der Waals surface area contributed by atoms with Gasteiger partial charge in [-0.3, -0.25) is 14.2 Å². The summed E-state index contributed by atoms with van der Waals surface area (Å²) in [6.07, 6.45) is 1.32. The minimum atomic E-state index is -3.64. The van der Waals surface area contributed by atoms with Crippen molar-refractivity contribution in [3.8, 4) is 0 Å². The summed E-state index contributed by atoms with van der Waals surface area (Å²) in [6, 6.07) is 11.2. The number of amides is 1. The average Bonchev–Trinajstić information content (AvgIpc) is 2.71. The highest BCUT2D eigenvalue weighted by molar-refractivity contribution is 9.10. The van der Waals surface area contributed by atoms with E-state index in [-0.39, 0.29) is 17.0 Å². The maximum Gasteiger partial charge on any atom is 0.261 e. The Balaban J connectivity index is 1.82. The van der Waals surface area contributed by atoms with Gasteiger partial charge in [0.15, 0.2) is 0 Å². The zero-order valence-electron chi connectivity index (χ0n) is 16.5. The Labute approximate surface area is 182 Å². The van der Waals surface area contributed by atoms with Gasteiger partial charge in [0.2, 0.25) is 15.9 Å². The van der Waals surface area contributed by atoms with Crippen LogP contribution in [0.3, 0.4) is 0 Å². The summed E-state index contributed by atoms with van der Waals surface area (Å²) in [6.45, 7) is 3.98. The fourth-order valence-corrected chi connectivity index (χ4v) is 4.91. The number of fused-ring (bicyclic) bond motifs is 1. The second-order valence-electron chi connectivity index (χ2n) is 6.50. The SMILES string of the molecule is CCN(CC)S(=O)(=O)c1cccc(NC(=O)Cn2cnc3ccc(Br)cc3c2=O)c1. The van der Waals surface area contributed by atoms with E-state index in [9.17, 15) is 18.0 Å². The number of sulfonamides is 1. The smallest absolute Gasteiger partial charge is 0.261 e. The number of benzene rings is 2. The summed E-state index contributed by atoms with van der Waals surface area (Å²) in [5.41, 5.74) is 0.529. The van der Waals surface area contributed by atoms with Gasteiger partial charge >= 0.3 is 0 Å². The minimum Gasteiger partial charge on any atom is -0.324 e. The van der Waals surface area contributed by atoms with E-state index in [2.05, 4.69) is 26.2 Å². The first-order valence-corrected chi connectivity index (χ1v) is 11.5. The number of aromatic nitrogens is 2. The topological polar surface area (TPSA) is 101 Å². The largest absolute Gasteiger partial charge is 0.324 e. The van der Waals surface area contributed by atoms with Gasteiger partial charge in [0.25, 0.3) is 5.56 Å². The number of nitrogens with zero attached hydrogens (tertiary/aromatic N) is 3. The van der Waals surface area contributed by atoms with Crippen molar-refractivity contribution in [2.24, 2.45) is 0 Å². The van der Waals surface area contributed by atoms with Crippen molar-refractivity contribution < 1.29 is 13.2 Å². The number of nitrogens with one attached hydrogen (secondary N) is 1. The van der Waals surface area contributed by atoms with Crippen LogP contribution in [0.4, 0.5) is 5.69 Å². The summed E-state index contributed by atoms with van der Waals surface area (Å²) < 4.78 is 28.6. The Morgan fingerprint density at radius 1 is 1.17 bits per heavy atom. The van der Waals surface area contributed by atoms with E-state index >= 15 is 0 Å². The molecule has 0 saturated carbocycles. The minimum absolute atomic E-state index is 0.0957. The van der Waals surface area contributed by atoms with Crippen molar-refractivity contribution in [1.29, 1.82) is 0 Å². The standard InChI is InChI=1S/C20H21BrN4O4S/c1-3-25(4-2)30(28,29)16-7-5-6-15(11-16)23-19(26)12-24-13-22-18-9-8-14(21)10-17(18)20(24)27/h5-11,13H,3-4,12H2,1-2H3,(H,23,26). The average molecular weight is 493 g/mol. The Morgan fingerprint density at radius 2 is 1.90 bits per heavy atom. The second-order valence-corrected chi connectivity index (χ2v) is 9.36. The van der Waals surface area contributed by atoms with Crippen LogP contribution in [0.1, 0.15) is 13.8 Å². The maximum atomic E-state index is 12.7. The lowest BCUT2D eigenvalue weighted by Gasteiger charge is -2.18. The molecule has 0 fully saturated rings. The molecule has 0 spiro atoms.